The number of esters is 1. The zero-order chi connectivity index (χ0) is 25.7. The van der Waals surface area contributed by atoms with E-state index in [4.69, 9.17) is 9.47 Å². The molecule has 2 aromatic carbocycles. The molecule has 2 fully saturated rings. The van der Waals surface area contributed by atoms with Crippen molar-refractivity contribution in [3.63, 3.8) is 0 Å². The second-order valence-corrected chi connectivity index (χ2v) is 11.2. The van der Waals surface area contributed by atoms with Gasteiger partial charge in [-0.25, -0.2) is 4.79 Å². The third kappa shape index (κ3) is 7.33. The van der Waals surface area contributed by atoms with Crippen molar-refractivity contribution < 1.29 is 19.1 Å². The Balaban J connectivity index is 1.31. The molecule has 0 aromatic heterocycles. The first-order chi connectivity index (χ1) is 17.2. The summed E-state index contributed by atoms with van der Waals surface area (Å²) in [4.78, 5) is 29.1. The first-order valence-electron chi connectivity index (χ1n) is 13.1. The van der Waals surface area contributed by atoms with Gasteiger partial charge in [-0.05, 0) is 75.7 Å². The molecular weight excluding hydrogens is 452 g/mol. The van der Waals surface area contributed by atoms with Crippen LogP contribution in [0.2, 0.25) is 0 Å². The minimum atomic E-state index is -0.498. The largest absolute Gasteiger partial charge is 0.469 e. The van der Waals surface area contributed by atoms with Gasteiger partial charge in [0.25, 0.3) is 0 Å². The van der Waals surface area contributed by atoms with Gasteiger partial charge in [-0.1, -0.05) is 54.6 Å². The summed E-state index contributed by atoms with van der Waals surface area (Å²) in [6, 6.07) is 19.0. The quantitative estimate of drug-likeness (QED) is 0.462. The van der Waals surface area contributed by atoms with Crippen molar-refractivity contribution in [2.45, 2.75) is 70.6 Å². The van der Waals surface area contributed by atoms with Crippen LogP contribution >= 0.6 is 0 Å². The number of ether oxygens (including phenoxy) is 2. The second-order valence-electron chi connectivity index (χ2n) is 11.2. The van der Waals surface area contributed by atoms with Crippen LogP contribution in [-0.2, 0) is 27.2 Å². The molecule has 2 atom stereocenters. The van der Waals surface area contributed by atoms with Crippen LogP contribution in [0.25, 0.3) is 0 Å². The first kappa shape index (κ1) is 26.2. The summed E-state index contributed by atoms with van der Waals surface area (Å²) in [5.41, 5.74) is 3.03. The van der Waals surface area contributed by atoms with Crippen molar-refractivity contribution in [2.24, 2.45) is 5.92 Å². The molecule has 1 aliphatic heterocycles. The van der Waals surface area contributed by atoms with Gasteiger partial charge < -0.3 is 14.4 Å². The molecule has 0 radical (unpaired) electrons. The maximum absolute atomic E-state index is 13.2. The Morgan fingerprint density at radius 3 is 2.22 bits per heavy atom. The van der Waals surface area contributed by atoms with Crippen LogP contribution < -0.4 is 0 Å². The summed E-state index contributed by atoms with van der Waals surface area (Å²) in [6.07, 6.45) is 3.28. The number of likely N-dealkylation sites (tertiary alicyclic amines) is 1. The summed E-state index contributed by atoms with van der Waals surface area (Å²) >= 11 is 0. The van der Waals surface area contributed by atoms with Crippen LogP contribution in [0.1, 0.15) is 62.6 Å². The molecule has 1 aliphatic carbocycles. The molecular formula is C30H40N2O4. The highest BCUT2D eigenvalue weighted by Crippen LogP contribution is 2.45. The molecule has 2 aliphatic rings. The third-order valence-electron chi connectivity index (χ3n) is 7.18. The fourth-order valence-corrected chi connectivity index (χ4v) is 5.12. The van der Waals surface area contributed by atoms with Crippen molar-refractivity contribution >= 4 is 12.1 Å². The minimum absolute atomic E-state index is 0.180. The van der Waals surface area contributed by atoms with Gasteiger partial charge in [0.2, 0.25) is 0 Å². The van der Waals surface area contributed by atoms with Crippen LogP contribution in [0, 0.1) is 5.92 Å². The summed E-state index contributed by atoms with van der Waals surface area (Å²) in [6.45, 7) is 9.51. The van der Waals surface area contributed by atoms with Gasteiger partial charge in [-0.15, -0.1) is 0 Å². The number of carbonyl (C=O) groups is 2. The number of hydrogen-bond acceptors (Lipinski definition) is 5. The Morgan fingerprint density at radius 2 is 1.61 bits per heavy atom. The van der Waals surface area contributed by atoms with Crippen molar-refractivity contribution in [3.8, 4) is 0 Å². The van der Waals surface area contributed by atoms with E-state index in [2.05, 4.69) is 41.3 Å². The monoisotopic (exact) mass is 492 g/mol. The van der Waals surface area contributed by atoms with E-state index in [0.717, 1.165) is 51.0 Å². The first-order valence-corrected chi connectivity index (χ1v) is 13.1. The molecule has 1 saturated carbocycles. The number of rotatable bonds is 8. The van der Waals surface area contributed by atoms with E-state index >= 15 is 0 Å². The van der Waals surface area contributed by atoms with Crippen molar-refractivity contribution in [1.82, 2.24) is 9.80 Å². The third-order valence-corrected chi connectivity index (χ3v) is 7.18. The normalized spacial score (nSPS) is 20.6. The van der Waals surface area contributed by atoms with Crippen LogP contribution in [0.15, 0.2) is 54.6 Å². The van der Waals surface area contributed by atoms with E-state index in [-0.39, 0.29) is 18.1 Å². The van der Waals surface area contributed by atoms with E-state index in [0.29, 0.717) is 18.3 Å². The predicted octanol–water partition coefficient (Wildman–Crippen LogP) is 5.41. The van der Waals surface area contributed by atoms with E-state index in [1.165, 1.54) is 18.2 Å². The molecule has 1 amide bonds. The standard InChI is InChI=1S/C30H40N2O4/c1-30(2,3)36-29(34)32(27-19-26(27)25-8-6-5-7-9-25)21-24-14-16-31(17-15-24)20-23-12-10-22(11-13-23)18-28(33)35-4/h5-13,24,26-27H,14-21H2,1-4H3/t26-,27+/m0/s1. The lowest BCUT2D eigenvalue weighted by Crippen LogP contribution is -2.44. The molecule has 194 valence electrons. The highest BCUT2D eigenvalue weighted by molar-refractivity contribution is 5.72. The fraction of sp³-hybridized carbons (Fsp3) is 0.533. The molecule has 1 heterocycles. The maximum Gasteiger partial charge on any atom is 0.410 e. The number of amides is 1. The molecule has 0 bridgehead atoms. The number of nitrogens with zero attached hydrogens (tertiary/aromatic N) is 2. The minimum Gasteiger partial charge on any atom is -0.469 e. The van der Waals surface area contributed by atoms with Crippen molar-refractivity contribution in [1.29, 1.82) is 0 Å². The topological polar surface area (TPSA) is 59.1 Å². The van der Waals surface area contributed by atoms with E-state index < -0.39 is 5.60 Å². The average molecular weight is 493 g/mol. The number of hydrogen-bond donors (Lipinski definition) is 0. The number of carbonyl (C=O) groups excluding carboxylic acids is 2. The van der Waals surface area contributed by atoms with Gasteiger partial charge in [0.15, 0.2) is 0 Å². The molecule has 36 heavy (non-hydrogen) atoms. The van der Waals surface area contributed by atoms with Crippen molar-refractivity contribution in [3.05, 3.63) is 71.3 Å². The average Bonchev–Trinajstić information content (AvgIpc) is 3.65. The Labute approximate surface area is 215 Å². The zero-order valence-electron chi connectivity index (χ0n) is 22.1. The Kier molecular flexibility index (Phi) is 8.35. The predicted molar refractivity (Wildman–Crippen MR) is 141 cm³/mol. The Bertz CT molecular complexity index is 1010. The summed E-state index contributed by atoms with van der Waals surface area (Å²) in [5, 5.41) is 0. The van der Waals surface area contributed by atoms with E-state index in [9.17, 15) is 9.59 Å². The molecule has 6 nitrogen and oxygen atoms in total. The van der Waals surface area contributed by atoms with E-state index in [1.54, 1.807) is 0 Å². The highest BCUT2D eigenvalue weighted by Gasteiger charge is 2.46. The number of benzene rings is 2. The fourth-order valence-electron chi connectivity index (χ4n) is 5.12. The smallest absolute Gasteiger partial charge is 0.410 e. The molecule has 2 aromatic rings. The summed E-state index contributed by atoms with van der Waals surface area (Å²) < 4.78 is 10.6. The van der Waals surface area contributed by atoms with Gasteiger partial charge >= 0.3 is 12.1 Å². The van der Waals surface area contributed by atoms with Gasteiger partial charge in [0, 0.05) is 25.0 Å². The number of methoxy groups -OCH3 is 1. The zero-order valence-corrected chi connectivity index (χ0v) is 22.1. The maximum atomic E-state index is 13.2. The SMILES string of the molecule is COC(=O)Cc1ccc(CN2CCC(CN(C(=O)OC(C)(C)C)[C@@H]3C[C@H]3c3ccccc3)CC2)cc1. The molecule has 4 rings (SSSR count). The lowest BCUT2D eigenvalue weighted by Gasteiger charge is -2.36. The van der Waals surface area contributed by atoms with Crippen LogP contribution in [0.4, 0.5) is 4.79 Å². The van der Waals surface area contributed by atoms with Crippen LogP contribution in [0.5, 0.6) is 0 Å². The van der Waals surface area contributed by atoms with Gasteiger partial charge in [0.1, 0.15) is 5.60 Å². The van der Waals surface area contributed by atoms with Gasteiger partial charge in [0.05, 0.1) is 13.5 Å². The molecule has 0 N–H and O–H groups in total. The second kappa shape index (κ2) is 11.5. The lowest BCUT2D eigenvalue weighted by atomic mass is 9.95. The summed E-state index contributed by atoms with van der Waals surface area (Å²) in [7, 11) is 1.42. The number of piperidine rings is 1. The lowest BCUT2D eigenvalue weighted by molar-refractivity contribution is -0.139. The molecule has 0 spiro atoms. The summed E-state index contributed by atoms with van der Waals surface area (Å²) in [5.74, 6) is 0.667. The van der Waals surface area contributed by atoms with Crippen molar-refractivity contribution in [2.75, 3.05) is 26.7 Å². The van der Waals surface area contributed by atoms with Crippen LogP contribution in [-0.4, -0.2) is 60.2 Å². The molecule has 1 saturated heterocycles. The van der Waals surface area contributed by atoms with Gasteiger partial charge in [-0.3, -0.25) is 9.69 Å². The van der Waals surface area contributed by atoms with Gasteiger partial charge in [-0.2, -0.15) is 0 Å². The Hall–Kier alpha value is -2.86. The highest BCUT2D eigenvalue weighted by atomic mass is 16.6. The molecule has 6 heteroatoms. The van der Waals surface area contributed by atoms with Crippen LogP contribution in [0.3, 0.4) is 0 Å². The van der Waals surface area contributed by atoms with E-state index in [1.807, 2.05) is 43.9 Å². The molecule has 0 unspecified atom stereocenters. The Morgan fingerprint density at radius 1 is 0.972 bits per heavy atom.